The van der Waals surface area contributed by atoms with Crippen LogP contribution in [0.1, 0.15) is 35.7 Å². The lowest BCUT2D eigenvalue weighted by molar-refractivity contribution is 0.0919. The third-order valence-corrected chi connectivity index (χ3v) is 4.21. The third-order valence-electron chi connectivity index (χ3n) is 4.21. The van der Waals surface area contributed by atoms with Gasteiger partial charge in [-0.25, -0.2) is 4.79 Å². The molecule has 0 unspecified atom stereocenters. The Labute approximate surface area is 134 Å². The second kappa shape index (κ2) is 6.69. The van der Waals surface area contributed by atoms with Crippen molar-refractivity contribution in [2.45, 2.75) is 32.4 Å². The number of amides is 1. The van der Waals surface area contributed by atoms with Gasteiger partial charge in [-0.05, 0) is 37.0 Å². The van der Waals surface area contributed by atoms with Gasteiger partial charge in [0, 0.05) is 18.3 Å². The number of hydrogen-bond donors (Lipinski definition) is 1. The number of likely N-dealkylation sites (tertiary alicyclic amines) is 1. The zero-order chi connectivity index (χ0) is 16.2. The van der Waals surface area contributed by atoms with E-state index in [1.165, 1.54) is 6.07 Å². The predicted molar refractivity (Wildman–Crippen MR) is 87.1 cm³/mol. The highest BCUT2D eigenvalue weighted by molar-refractivity contribution is 5.69. The molecule has 0 spiro atoms. The molecular weight excluding hydrogens is 292 g/mol. The lowest BCUT2D eigenvalue weighted by atomic mass is 10.0. The zero-order valence-electron chi connectivity index (χ0n) is 13.1. The summed E-state index contributed by atoms with van der Waals surface area (Å²) < 4.78 is 5.44. The Bertz CT molecular complexity index is 739. The summed E-state index contributed by atoms with van der Waals surface area (Å²) in [5.41, 5.74) is 2.64. The van der Waals surface area contributed by atoms with Crippen LogP contribution in [0.25, 0.3) is 0 Å². The van der Waals surface area contributed by atoms with Gasteiger partial charge in [-0.2, -0.15) is 0 Å². The number of pyridine rings is 1. The first kappa shape index (κ1) is 15.3. The third kappa shape index (κ3) is 3.44. The van der Waals surface area contributed by atoms with Crippen LogP contribution in [0.2, 0.25) is 0 Å². The van der Waals surface area contributed by atoms with Crippen LogP contribution in [0.15, 0.2) is 47.3 Å². The summed E-state index contributed by atoms with van der Waals surface area (Å²) in [5, 5.41) is 0. The highest BCUT2D eigenvalue weighted by Gasteiger charge is 2.32. The molecule has 0 bridgehead atoms. The highest BCUT2D eigenvalue weighted by atomic mass is 16.6. The molecular formula is C18H20N2O3. The van der Waals surface area contributed by atoms with Crippen LogP contribution in [0.3, 0.4) is 0 Å². The normalized spacial score (nSPS) is 17.3. The summed E-state index contributed by atoms with van der Waals surface area (Å²) in [7, 11) is 0. The molecule has 1 aliphatic rings. The van der Waals surface area contributed by atoms with E-state index in [1.807, 2.05) is 43.3 Å². The predicted octanol–water partition coefficient (Wildman–Crippen LogP) is 3.16. The number of rotatable bonds is 3. The van der Waals surface area contributed by atoms with Gasteiger partial charge < -0.3 is 14.6 Å². The molecule has 1 fully saturated rings. The van der Waals surface area contributed by atoms with Crippen LogP contribution in [0.4, 0.5) is 4.79 Å². The van der Waals surface area contributed by atoms with Gasteiger partial charge in [-0.15, -0.1) is 0 Å². The highest BCUT2D eigenvalue weighted by Crippen LogP contribution is 2.33. The molecule has 5 heteroatoms. The van der Waals surface area contributed by atoms with Gasteiger partial charge in [0.15, 0.2) is 0 Å². The molecule has 0 saturated carbocycles. The number of aromatic nitrogens is 1. The number of aromatic amines is 1. The lowest BCUT2D eigenvalue weighted by Crippen LogP contribution is -2.31. The summed E-state index contributed by atoms with van der Waals surface area (Å²) in [5.74, 6) is 0. The molecule has 1 aromatic carbocycles. The molecule has 120 valence electrons. The molecule has 5 nitrogen and oxygen atoms in total. The maximum absolute atomic E-state index is 12.4. The van der Waals surface area contributed by atoms with Gasteiger partial charge in [0.2, 0.25) is 5.56 Å². The van der Waals surface area contributed by atoms with Crippen molar-refractivity contribution in [3.63, 3.8) is 0 Å². The van der Waals surface area contributed by atoms with E-state index in [4.69, 9.17) is 4.74 Å². The minimum atomic E-state index is -0.304. The monoisotopic (exact) mass is 312 g/mol. The number of carbonyl (C=O) groups excluding carboxylic acids is 1. The van der Waals surface area contributed by atoms with Crippen LogP contribution in [0, 0.1) is 6.92 Å². The number of nitrogens with zero attached hydrogens (tertiary/aromatic N) is 1. The first-order chi connectivity index (χ1) is 11.1. The molecule has 1 aromatic heterocycles. The van der Waals surface area contributed by atoms with Crippen molar-refractivity contribution in [3.8, 4) is 0 Å². The Kier molecular flexibility index (Phi) is 4.46. The van der Waals surface area contributed by atoms with Crippen LogP contribution < -0.4 is 5.56 Å². The fourth-order valence-corrected chi connectivity index (χ4v) is 3.06. The second-order valence-electron chi connectivity index (χ2n) is 5.79. The summed E-state index contributed by atoms with van der Waals surface area (Å²) in [6.45, 7) is 2.81. The first-order valence-electron chi connectivity index (χ1n) is 7.82. The Morgan fingerprint density at radius 1 is 1.26 bits per heavy atom. The number of aryl methyl sites for hydroxylation is 1. The fraction of sp³-hybridized carbons (Fsp3) is 0.333. The lowest BCUT2D eigenvalue weighted by Gasteiger charge is -2.25. The average molecular weight is 312 g/mol. The number of carbonyl (C=O) groups is 1. The van der Waals surface area contributed by atoms with E-state index in [0.29, 0.717) is 6.54 Å². The number of ether oxygens (including phenoxy) is 1. The fourth-order valence-electron chi connectivity index (χ4n) is 3.06. The van der Waals surface area contributed by atoms with Crippen LogP contribution >= 0.6 is 0 Å². The molecule has 1 aliphatic heterocycles. The van der Waals surface area contributed by atoms with E-state index in [1.54, 1.807) is 4.90 Å². The molecule has 1 N–H and O–H groups in total. The Morgan fingerprint density at radius 3 is 2.78 bits per heavy atom. The van der Waals surface area contributed by atoms with Gasteiger partial charge in [0.1, 0.15) is 6.61 Å². The number of hydrogen-bond acceptors (Lipinski definition) is 3. The van der Waals surface area contributed by atoms with Crippen LogP contribution in [-0.4, -0.2) is 22.5 Å². The second-order valence-corrected chi connectivity index (χ2v) is 5.79. The van der Waals surface area contributed by atoms with Crippen molar-refractivity contribution in [1.29, 1.82) is 0 Å². The van der Waals surface area contributed by atoms with Gasteiger partial charge in [-0.1, -0.05) is 30.3 Å². The Hall–Kier alpha value is -2.56. The molecule has 1 atom stereocenters. The minimum absolute atomic E-state index is 0.0323. The van der Waals surface area contributed by atoms with Gasteiger partial charge in [-0.3, -0.25) is 4.79 Å². The number of H-pyrrole nitrogens is 1. The number of benzene rings is 1. The van der Waals surface area contributed by atoms with Crippen molar-refractivity contribution in [3.05, 3.63) is 69.6 Å². The maximum atomic E-state index is 12.4. The molecule has 2 aromatic rings. The van der Waals surface area contributed by atoms with Crippen molar-refractivity contribution in [2.24, 2.45) is 0 Å². The van der Waals surface area contributed by atoms with Crippen molar-refractivity contribution in [1.82, 2.24) is 9.88 Å². The van der Waals surface area contributed by atoms with Crippen LogP contribution in [0.5, 0.6) is 0 Å². The largest absolute Gasteiger partial charge is 0.445 e. The number of nitrogens with one attached hydrogen (secondary N) is 1. The molecule has 3 rings (SSSR count). The first-order valence-corrected chi connectivity index (χ1v) is 7.82. The molecule has 0 aliphatic carbocycles. The van der Waals surface area contributed by atoms with E-state index in [-0.39, 0.29) is 24.3 Å². The topological polar surface area (TPSA) is 62.4 Å². The summed E-state index contributed by atoms with van der Waals surface area (Å²) >= 11 is 0. The Balaban J connectivity index is 1.71. The SMILES string of the molecule is Cc1[nH]c(=O)ccc1[C@H]1CCCN1C(=O)OCc1ccccc1. The summed E-state index contributed by atoms with van der Waals surface area (Å²) in [6, 6.07) is 12.9. The van der Waals surface area contributed by atoms with Crippen molar-refractivity contribution in [2.75, 3.05) is 6.54 Å². The quantitative estimate of drug-likeness (QED) is 0.947. The van der Waals surface area contributed by atoms with Crippen LogP contribution in [-0.2, 0) is 11.3 Å². The summed E-state index contributed by atoms with van der Waals surface area (Å²) in [6.07, 6.45) is 1.51. The minimum Gasteiger partial charge on any atom is -0.445 e. The van der Waals surface area contributed by atoms with E-state index >= 15 is 0 Å². The van der Waals surface area contributed by atoms with E-state index in [2.05, 4.69) is 4.98 Å². The standard InChI is InChI=1S/C18H20N2O3/c1-13-15(9-10-17(21)19-13)16-8-5-11-20(16)18(22)23-12-14-6-3-2-4-7-14/h2-4,6-7,9-10,16H,5,8,11-12H2,1H3,(H,19,21)/t16-/m1/s1. The Morgan fingerprint density at radius 2 is 2.04 bits per heavy atom. The van der Waals surface area contributed by atoms with E-state index in [0.717, 1.165) is 29.7 Å². The van der Waals surface area contributed by atoms with Gasteiger partial charge >= 0.3 is 6.09 Å². The molecule has 1 amide bonds. The molecule has 0 radical (unpaired) electrons. The summed E-state index contributed by atoms with van der Waals surface area (Å²) in [4.78, 5) is 28.3. The van der Waals surface area contributed by atoms with Crippen molar-refractivity contribution < 1.29 is 9.53 Å². The smallest absolute Gasteiger partial charge is 0.410 e. The molecule has 1 saturated heterocycles. The van der Waals surface area contributed by atoms with Gasteiger partial charge in [0.05, 0.1) is 6.04 Å². The maximum Gasteiger partial charge on any atom is 0.410 e. The molecule has 2 heterocycles. The van der Waals surface area contributed by atoms with Crippen molar-refractivity contribution >= 4 is 6.09 Å². The van der Waals surface area contributed by atoms with Gasteiger partial charge in [0.25, 0.3) is 0 Å². The van der Waals surface area contributed by atoms with E-state index < -0.39 is 0 Å². The average Bonchev–Trinajstić information content (AvgIpc) is 3.03. The van der Waals surface area contributed by atoms with E-state index in [9.17, 15) is 9.59 Å². The zero-order valence-corrected chi connectivity index (χ0v) is 13.1. The molecule has 23 heavy (non-hydrogen) atoms.